The lowest BCUT2D eigenvalue weighted by Crippen LogP contribution is -2.35. The van der Waals surface area contributed by atoms with Crippen molar-refractivity contribution >= 4 is 108 Å². The zero-order chi connectivity index (χ0) is 57.0. The molecule has 0 spiro atoms. The molecule has 0 saturated heterocycles. The second-order valence-corrected chi connectivity index (χ2v) is 25.2. The van der Waals surface area contributed by atoms with Gasteiger partial charge in [0, 0.05) is 80.4 Å². The van der Waals surface area contributed by atoms with Crippen LogP contribution in [-0.2, 0) is 5.41 Å². The van der Waals surface area contributed by atoms with E-state index in [1.54, 1.807) is 0 Å². The molecule has 1 unspecified atom stereocenters. The Kier molecular flexibility index (Phi) is 10.4. The molecule has 406 valence electrons. The first kappa shape index (κ1) is 49.0. The molecule has 2 aliphatic rings. The van der Waals surface area contributed by atoms with E-state index in [0.717, 1.165) is 67.1 Å². The minimum Gasteiger partial charge on any atom is -0.309 e. The molecule has 86 heavy (non-hydrogen) atoms. The molecule has 0 amide bonds. The van der Waals surface area contributed by atoms with Gasteiger partial charge in [-0.05, 0) is 142 Å². The average molecular weight is 1120 g/mol. The van der Waals surface area contributed by atoms with Crippen LogP contribution in [0.1, 0.15) is 43.9 Å². The molecule has 5 heterocycles. The summed E-state index contributed by atoms with van der Waals surface area (Å²) in [5.74, 6) is 1.82. The van der Waals surface area contributed by atoms with Gasteiger partial charge in [-0.15, -0.1) is 11.3 Å². The van der Waals surface area contributed by atoms with Gasteiger partial charge in [0.2, 0.25) is 5.95 Å². The Morgan fingerprint density at radius 1 is 0.360 bits per heavy atom. The highest BCUT2D eigenvalue weighted by molar-refractivity contribution is 7.25. The Hall–Kier alpha value is -10.5. The molecule has 0 radical (unpaired) electrons. The Bertz CT molecular complexity index is 5530. The van der Waals surface area contributed by atoms with E-state index in [4.69, 9.17) is 15.0 Å². The van der Waals surface area contributed by atoms with Crippen molar-refractivity contribution in [2.75, 3.05) is 0 Å². The van der Waals surface area contributed by atoms with E-state index in [1.807, 2.05) is 47.7 Å². The molecule has 5 aromatic heterocycles. The maximum Gasteiger partial charge on any atom is 0.238 e. The number of hydrogen-bond acceptors (Lipinski definition) is 4. The Morgan fingerprint density at radius 3 is 1.52 bits per heavy atom. The first-order valence-corrected chi connectivity index (χ1v) is 30.5. The van der Waals surface area contributed by atoms with Crippen molar-refractivity contribution in [3.8, 4) is 51.2 Å². The van der Waals surface area contributed by atoms with Crippen LogP contribution >= 0.6 is 11.3 Å². The topological polar surface area (TPSA) is 53.5 Å². The SMILES string of the molecule is CC12CC=C(c3ccc4c(c3)c3cc5c(cc3n4-c3nc(-c4ccccc4)nc(-c4ccccc4)n3)c3ccccc3n5-c3ccccc3)C=C1c1cc(-c3ccc4c(c3)c3cc5sc6ccccc6c5cc3n4-c3ccccc3)ccc1C2(C)C. The number of hydrogen-bond donors (Lipinski definition) is 0. The van der Waals surface area contributed by atoms with Gasteiger partial charge in [-0.25, -0.2) is 4.98 Å². The van der Waals surface area contributed by atoms with Crippen molar-refractivity contribution in [2.45, 2.75) is 32.6 Å². The molecule has 0 N–H and O–H groups in total. The summed E-state index contributed by atoms with van der Waals surface area (Å²) in [6.45, 7) is 7.39. The molecule has 0 saturated carbocycles. The third-order valence-corrected chi connectivity index (χ3v) is 20.5. The third kappa shape index (κ3) is 7.09. The number of allylic oxidation sites excluding steroid dienone is 4. The minimum absolute atomic E-state index is 0.112. The van der Waals surface area contributed by atoms with Crippen LogP contribution in [0.4, 0.5) is 0 Å². The molecule has 2 aliphatic carbocycles. The van der Waals surface area contributed by atoms with E-state index in [2.05, 4.69) is 259 Å². The second-order valence-electron chi connectivity index (χ2n) is 24.2. The maximum absolute atomic E-state index is 5.36. The van der Waals surface area contributed by atoms with Crippen molar-refractivity contribution in [2.24, 2.45) is 5.41 Å². The van der Waals surface area contributed by atoms with Gasteiger partial charge in [0.05, 0.1) is 33.1 Å². The van der Waals surface area contributed by atoms with E-state index >= 15 is 0 Å². The Morgan fingerprint density at radius 2 is 0.849 bits per heavy atom. The first-order valence-electron chi connectivity index (χ1n) is 29.7. The zero-order valence-corrected chi connectivity index (χ0v) is 48.4. The summed E-state index contributed by atoms with van der Waals surface area (Å²) in [6.07, 6.45) is 5.93. The largest absolute Gasteiger partial charge is 0.309 e. The summed E-state index contributed by atoms with van der Waals surface area (Å²) in [4.78, 5) is 15.8. The van der Waals surface area contributed by atoms with Crippen LogP contribution in [0.3, 0.4) is 0 Å². The van der Waals surface area contributed by atoms with Crippen molar-refractivity contribution in [3.63, 3.8) is 0 Å². The lowest BCUT2D eigenvalue weighted by atomic mass is 9.62. The van der Waals surface area contributed by atoms with Gasteiger partial charge in [0.25, 0.3) is 0 Å². The van der Waals surface area contributed by atoms with Crippen molar-refractivity contribution in [1.29, 1.82) is 0 Å². The summed E-state index contributed by atoms with van der Waals surface area (Å²) in [7, 11) is 0. The number of thiophene rings is 1. The highest BCUT2D eigenvalue weighted by Crippen LogP contribution is 2.63. The molecule has 18 rings (SSSR count). The second kappa shape index (κ2) is 18.3. The predicted molar refractivity (Wildman–Crippen MR) is 360 cm³/mol. The normalized spacial score (nSPS) is 15.6. The molecule has 7 heteroatoms. The van der Waals surface area contributed by atoms with Gasteiger partial charge in [-0.2, -0.15) is 9.97 Å². The van der Waals surface area contributed by atoms with Gasteiger partial charge in [-0.3, -0.25) is 4.57 Å². The van der Waals surface area contributed by atoms with Crippen LogP contribution in [0.15, 0.2) is 261 Å². The maximum atomic E-state index is 5.36. The minimum atomic E-state index is -0.123. The van der Waals surface area contributed by atoms with E-state index < -0.39 is 0 Å². The zero-order valence-electron chi connectivity index (χ0n) is 47.6. The van der Waals surface area contributed by atoms with E-state index in [1.165, 1.54) is 86.3 Å². The summed E-state index contributed by atoms with van der Waals surface area (Å²) >= 11 is 1.88. The van der Waals surface area contributed by atoms with Crippen molar-refractivity contribution in [3.05, 3.63) is 278 Å². The van der Waals surface area contributed by atoms with Gasteiger partial charge >= 0.3 is 0 Å². The number of fused-ring (bicyclic) bond motifs is 15. The summed E-state index contributed by atoms with van der Waals surface area (Å²) in [5, 5.41) is 9.76. The molecule has 6 nitrogen and oxygen atoms in total. The number of nitrogens with zero attached hydrogens (tertiary/aromatic N) is 6. The van der Waals surface area contributed by atoms with Crippen LogP contribution in [0.25, 0.3) is 148 Å². The number of rotatable bonds is 7. The fourth-order valence-corrected chi connectivity index (χ4v) is 15.8. The van der Waals surface area contributed by atoms with Crippen molar-refractivity contribution < 1.29 is 0 Å². The number of benzene rings is 11. The highest BCUT2D eigenvalue weighted by atomic mass is 32.1. The lowest BCUT2D eigenvalue weighted by Gasteiger charge is -2.41. The first-order chi connectivity index (χ1) is 42.2. The monoisotopic (exact) mass is 1120 g/mol. The molecule has 11 aromatic carbocycles. The fraction of sp³-hybridized carbons (Fsp3) is 0.0759. The predicted octanol–water partition coefficient (Wildman–Crippen LogP) is 20.7. The smallest absolute Gasteiger partial charge is 0.238 e. The van der Waals surface area contributed by atoms with E-state index in [0.29, 0.717) is 17.6 Å². The lowest BCUT2D eigenvalue weighted by molar-refractivity contribution is 0.272. The molecular weight excluding hydrogens is 1060 g/mol. The molecule has 0 aliphatic heterocycles. The summed E-state index contributed by atoms with van der Waals surface area (Å²) in [5.41, 5.74) is 19.7. The van der Waals surface area contributed by atoms with Crippen LogP contribution in [-0.4, -0.2) is 28.7 Å². The Balaban J connectivity index is 0.814. The van der Waals surface area contributed by atoms with Crippen LogP contribution in [0, 0.1) is 5.41 Å². The van der Waals surface area contributed by atoms with Gasteiger partial charge < -0.3 is 9.13 Å². The molecule has 0 fully saturated rings. The molecule has 1 atom stereocenters. The summed E-state index contributed by atoms with van der Waals surface area (Å²) < 4.78 is 9.77. The average Bonchev–Trinajstić information content (AvgIpc) is 1.77. The summed E-state index contributed by atoms with van der Waals surface area (Å²) in [6, 6.07) is 90.7. The van der Waals surface area contributed by atoms with Gasteiger partial charge in [-0.1, -0.05) is 191 Å². The quantitative estimate of drug-likeness (QED) is 0.160. The molecule has 0 bridgehead atoms. The van der Waals surface area contributed by atoms with Crippen LogP contribution in [0.2, 0.25) is 0 Å². The number of aromatic nitrogens is 6. The van der Waals surface area contributed by atoms with E-state index in [-0.39, 0.29) is 10.8 Å². The molecule has 16 aromatic rings. The van der Waals surface area contributed by atoms with Gasteiger partial charge in [0.1, 0.15) is 0 Å². The van der Waals surface area contributed by atoms with Crippen molar-refractivity contribution in [1.82, 2.24) is 28.7 Å². The highest BCUT2D eigenvalue weighted by Gasteiger charge is 2.52. The van der Waals surface area contributed by atoms with Crippen LogP contribution in [0.5, 0.6) is 0 Å². The molecular formula is C79H54N6S. The van der Waals surface area contributed by atoms with Gasteiger partial charge in [0.15, 0.2) is 11.6 Å². The third-order valence-electron chi connectivity index (χ3n) is 19.4. The van der Waals surface area contributed by atoms with Crippen LogP contribution < -0.4 is 0 Å². The number of para-hydroxylation sites is 3. The van der Waals surface area contributed by atoms with E-state index in [9.17, 15) is 0 Å². The standard InChI is InChI=1S/C79H54N6S/c1-78(2)65-35-32-50(51-33-36-68-59(40-51)62-47-74-63(57-29-17-19-31-73(57)86-74)46-71(62)84(68)55-26-14-7-15-27-55)42-64(65)66-43-53(38-39-79(66,78)3)52-34-37-69-58(41-52)61-45-70-60(56-28-16-18-30-67(56)83(70)54-24-12-6-13-25-54)44-72(61)85(69)77-81-75(48-20-8-4-9-21-48)80-76(82-77)49-22-10-5-11-23-49/h4-38,40-47H,39H2,1-3H3. The Labute approximate surface area is 500 Å². The fourth-order valence-electron chi connectivity index (χ4n) is 14.7.